The Kier molecular flexibility index (Phi) is 5.21. The van der Waals surface area contributed by atoms with Gasteiger partial charge < -0.3 is 10.2 Å². The van der Waals surface area contributed by atoms with Gasteiger partial charge in [-0.2, -0.15) is 0 Å². The van der Waals surface area contributed by atoms with Crippen LogP contribution in [0.15, 0.2) is 17.6 Å². The van der Waals surface area contributed by atoms with Crippen molar-refractivity contribution in [2.75, 3.05) is 7.05 Å². The number of nitrogens with one attached hydrogen (secondary N) is 1. The van der Waals surface area contributed by atoms with Crippen molar-refractivity contribution in [3.63, 3.8) is 0 Å². The second-order valence-electron chi connectivity index (χ2n) is 2.67. The van der Waals surface area contributed by atoms with E-state index in [-0.39, 0.29) is 5.91 Å². The SMILES string of the molecule is C=CC(=O)NC(C)N(C)C(=O)N=CC. The minimum Gasteiger partial charge on any atom is -0.332 e. The number of carbonyl (C=O) groups is 2. The fourth-order valence-electron chi connectivity index (χ4n) is 0.729. The lowest BCUT2D eigenvalue weighted by molar-refractivity contribution is -0.117. The quantitative estimate of drug-likeness (QED) is 0.413. The van der Waals surface area contributed by atoms with E-state index in [4.69, 9.17) is 0 Å². The third kappa shape index (κ3) is 3.84. The van der Waals surface area contributed by atoms with Crippen LogP contribution >= 0.6 is 0 Å². The van der Waals surface area contributed by atoms with Crippen LogP contribution in [0.4, 0.5) is 4.79 Å². The Morgan fingerprint density at radius 1 is 1.57 bits per heavy atom. The van der Waals surface area contributed by atoms with E-state index in [9.17, 15) is 9.59 Å². The van der Waals surface area contributed by atoms with E-state index >= 15 is 0 Å². The molecule has 1 N–H and O–H groups in total. The van der Waals surface area contributed by atoms with Crippen LogP contribution in [0, 0.1) is 0 Å². The van der Waals surface area contributed by atoms with Gasteiger partial charge in [0.1, 0.15) is 6.17 Å². The summed E-state index contributed by atoms with van der Waals surface area (Å²) in [6.45, 7) is 6.65. The zero-order valence-electron chi connectivity index (χ0n) is 8.65. The molecule has 5 nitrogen and oxygen atoms in total. The topological polar surface area (TPSA) is 61.8 Å². The van der Waals surface area contributed by atoms with Crippen molar-refractivity contribution >= 4 is 18.2 Å². The van der Waals surface area contributed by atoms with Crippen LogP contribution in [0.1, 0.15) is 13.8 Å². The third-order valence-electron chi connectivity index (χ3n) is 1.66. The maximum Gasteiger partial charge on any atom is 0.344 e. The van der Waals surface area contributed by atoms with Crippen LogP contribution < -0.4 is 5.32 Å². The highest BCUT2D eigenvalue weighted by atomic mass is 16.2. The Labute approximate surface area is 83.5 Å². The van der Waals surface area contributed by atoms with Gasteiger partial charge in [-0.1, -0.05) is 6.58 Å². The van der Waals surface area contributed by atoms with Crippen molar-refractivity contribution in [3.05, 3.63) is 12.7 Å². The summed E-state index contributed by atoms with van der Waals surface area (Å²) < 4.78 is 0. The molecule has 0 fully saturated rings. The number of rotatable bonds is 3. The molecule has 0 heterocycles. The van der Waals surface area contributed by atoms with Gasteiger partial charge in [-0.25, -0.2) is 9.79 Å². The Balaban J connectivity index is 4.24. The molecular formula is C9H15N3O2. The van der Waals surface area contributed by atoms with E-state index in [1.807, 2.05) is 0 Å². The zero-order chi connectivity index (χ0) is 11.1. The van der Waals surface area contributed by atoms with Gasteiger partial charge in [0, 0.05) is 13.3 Å². The number of hydrogen-bond donors (Lipinski definition) is 1. The average molecular weight is 197 g/mol. The molecule has 0 aromatic rings. The van der Waals surface area contributed by atoms with E-state index in [0.29, 0.717) is 0 Å². The average Bonchev–Trinajstić information content (AvgIpc) is 2.16. The highest BCUT2D eigenvalue weighted by Crippen LogP contribution is 1.95. The van der Waals surface area contributed by atoms with Crippen molar-refractivity contribution < 1.29 is 9.59 Å². The maximum absolute atomic E-state index is 11.2. The lowest BCUT2D eigenvalue weighted by Gasteiger charge is -2.23. The summed E-state index contributed by atoms with van der Waals surface area (Å²) in [6, 6.07) is -0.399. The van der Waals surface area contributed by atoms with Gasteiger partial charge in [-0.15, -0.1) is 0 Å². The van der Waals surface area contributed by atoms with Gasteiger partial charge in [-0.3, -0.25) is 4.79 Å². The van der Waals surface area contributed by atoms with Gasteiger partial charge in [0.2, 0.25) is 5.91 Å². The molecule has 0 aliphatic heterocycles. The van der Waals surface area contributed by atoms with Crippen LogP contribution in [0.2, 0.25) is 0 Å². The number of aliphatic imine (C=N–C) groups is 1. The number of carbonyl (C=O) groups excluding carboxylic acids is 2. The Hall–Kier alpha value is -1.65. The molecule has 5 heteroatoms. The molecule has 14 heavy (non-hydrogen) atoms. The first-order chi connectivity index (χ1) is 6.52. The molecule has 0 aromatic heterocycles. The summed E-state index contributed by atoms with van der Waals surface area (Å²) in [7, 11) is 1.56. The molecule has 0 rings (SSSR count). The maximum atomic E-state index is 11.2. The summed E-state index contributed by atoms with van der Waals surface area (Å²) in [5.41, 5.74) is 0. The van der Waals surface area contributed by atoms with Crippen molar-refractivity contribution in [2.45, 2.75) is 20.0 Å². The molecule has 3 amide bonds. The highest BCUT2D eigenvalue weighted by molar-refractivity contribution is 5.88. The van der Waals surface area contributed by atoms with Gasteiger partial charge in [0.15, 0.2) is 0 Å². The Morgan fingerprint density at radius 2 is 2.14 bits per heavy atom. The predicted molar refractivity (Wildman–Crippen MR) is 55.1 cm³/mol. The molecule has 0 aromatic carbocycles. The van der Waals surface area contributed by atoms with Crippen LogP contribution in [0.5, 0.6) is 0 Å². The first-order valence-corrected chi connectivity index (χ1v) is 4.21. The molecular weight excluding hydrogens is 182 g/mol. The standard InChI is InChI=1S/C9H15N3O2/c1-5-8(13)11-7(3)12(4)9(14)10-6-2/h5-7H,1H2,2-4H3,(H,11,13). The van der Waals surface area contributed by atoms with Crippen LogP contribution in [0.3, 0.4) is 0 Å². The lowest BCUT2D eigenvalue weighted by atomic mass is 10.4. The molecule has 0 aliphatic carbocycles. The monoisotopic (exact) mass is 197 g/mol. The van der Waals surface area contributed by atoms with Crippen molar-refractivity contribution in [2.24, 2.45) is 4.99 Å². The summed E-state index contributed by atoms with van der Waals surface area (Å²) in [6.07, 6.45) is 2.15. The zero-order valence-corrected chi connectivity index (χ0v) is 8.65. The summed E-state index contributed by atoms with van der Waals surface area (Å²) in [5.74, 6) is -0.322. The van der Waals surface area contributed by atoms with E-state index in [2.05, 4.69) is 16.9 Å². The van der Waals surface area contributed by atoms with Crippen molar-refractivity contribution in [3.8, 4) is 0 Å². The van der Waals surface area contributed by atoms with E-state index in [1.54, 1.807) is 20.9 Å². The van der Waals surface area contributed by atoms with Gasteiger partial charge in [-0.05, 0) is 19.9 Å². The first kappa shape index (κ1) is 12.3. The Morgan fingerprint density at radius 3 is 2.57 bits per heavy atom. The van der Waals surface area contributed by atoms with E-state index < -0.39 is 12.2 Å². The van der Waals surface area contributed by atoms with E-state index in [1.165, 1.54) is 11.1 Å². The number of urea groups is 1. The third-order valence-corrected chi connectivity index (χ3v) is 1.66. The molecule has 0 saturated heterocycles. The second kappa shape index (κ2) is 5.90. The number of nitrogens with zero attached hydrogens (tertiary/aromatic N) is 2. The second-order valence-corrected chi connectivity index (χ2v) is 2.67. The van der Waals surface area contributed by atoms with Gasteiger partial charge in [0.05, 0.1) is 0 Å². The number of amides is 3. The molecule has 0 bridgehead atoms. The van der Waals surface area contributed by atoms with E-state index in [0.717, 1.165) is 6.08 Å². The highest BCUT2D eigenvalue weighted by Gasteiger charge is 2.14. The molecule has 1 atom stereocenters. The molecule has 78 valence electrons. The summed E-state index contributed by atoms with van der Waals surface area (Å²) in [4.78, 5) is 27.0. The van der Waals surface area contributed by atoms with Crippen molar-refractivity contribution in [1.29, 1.82) is 0 Å². The minimum atomic E-state index is -0.406. The molecule has 0 spiro atoms. The van der Waals surface area contributed by atoms with Crippen LogP contribution in [-0.4, -0.2) is 36.3 Å². The fourth-order valence-corrected chi connectivity index (χ4v) is 0.729. The number of hydrogen-bond acceptors (Lipinski definition) is 2. The van der Waals surface area contributed by atoms with Crippen LogP contribution in [-0.2, 0) is 4.79 Å². The largest absolute Gasteiger partial charge is 0.344 e. The van der Waals surface area contributed by atoms with Crippen molar-refractivity contribution in [1.82, 2.24) is 10.2 Å². The molecule has 0 saturated carbocycles. The van der Waals surface area contributed by atoms with Gasteiger partial charge in [0.25, 0.3) is 0 Å². The first-order valence-electron chi connectivity index (χ1n) is 4.21. The smallest absolute Gasteiger partial charge is 0.332 e. The minimum absolute atomic E-state index is 0.322. The molecule has 1 unspecified atom stereocenters. The fraction of sp³-hybridized carbons (Fsp3) is 0.444. The lowest BCUT2D eigenvalue weighted by Crippen LogP contribution is -2.45. The van der Waals surface area contributed by atoms with Gasteiger partial charge >= 0.3 is 6.03 Å². The molecule has 0 radical (unpaired) electrons. The normalized spacial score (nSPS) is 12.2. The summed E-state index contributed by atoms with van der Waals surface area (Å²) >= 11 is 0. The predicted octanol–water partition coefficient (Wildman–Crippen LogP) is 0.777. The van der Waals surface area contributed by atoms with Crippen LogP contribution in [0.25, 0.3) is 0 Å². The Bertz CT molecular complexity index is 261. The molecule has 0 aliphatic rings. The summed E-state index contributed by atoms with van der Waals surface area (Å²) in [5, 5.41) is 2.54.